The van der Waals surface area contributed by atoms with Crippen LogP contribution in [0.2, 0.25) is 0 Å². The molecule has 2 aromatic heterocycles. The van der Waals surface area contributed by atoms with Crippen LogP contribution in [0.4, 0.5) is 0 Å². The molecular weight excluding hydrogens is 338 g/mol. The fraction of sp³-hybridized carbons (Fsp3) is 0.389. The van der Waals surface area contributed by atoms with E-state index < -0.39 is 0 Å². The van der Waals surface area contributed by atoms with Crippen molar-refractivity contribution in [3.63, 3.8) is 0 Å². The lowest BCUT2D eigenvalue weighted by molar-refractivity contribution is 0.0173. The Bertz CT molecular complexity index is 970. The summed E-state index contributed by atoms with van der Waals surface area (Å²) in [4.78, 5) is 37.7. The minimum atomic E-state index is -0.246. The Balaban J connectivity index is 1.69. The number of hydrogen-bond donors (Lipinski definition) is 0. The van der Waals surface area contributed by atoms with E-state index in [4.69, 9.17) is 9.47 Å². The Kier molecular flexibility index (Phi) is 4.58. The molecule has 0 saturated carbocycles. The van der Waals surface area contributed by atoms with Gasteiger partial charge in [0.2, 0.25) is 0 Å². The van der Waals surface area contributed by atoms with Gasteiger partial charge < -0.3 is 23.5 Å². The van der Waals surface area contributed by atoms with Gasteiger partial charge in [-0.15, -0.1) is 0 Å². The second kappa shape index (κ2) is 6.70. The van der Waals surface area contributed by atoms with Crippen molar-refractivity contribution in [2.75, 3.05) is 20.2 Å². The molecule has 0 bridgehead atoms. The average Bonchev–Trinajstić information content (AvgIpc) is 2.56. The molecular formula is C18H21N3O5. The Morgan fingerprint density at radius 3 is 2.42 bits per heavy atom. The van der Waals surface area contributed by atoms with Gasteiger partial charge in [0.25, 0.3) is 17.0 Å². The van der Waals surface area contributed by atoms with Gasteiger partial charge in [-0.2, -0.15) is 0 Å². The number of pyridine rings is 2. The standard InChI is InChI=1S/C18H21N3O5/c1-11-5-12(6-17(23)20(11)3)26-13-8-21(9-13)18(24)14-10-19(2)16(22)7-15(14)25-4/h5-7,10,13H,8-9H2,1-4H3. The molecule has 26 heavy (non-hydrogen) atoms. The minimum absolute atomic E-state index is 0.137. The van der Waals surface area contributed by atoms with Crippen LogP contribution in [-0.4, -0.2) is 46.2 Å². The molecule has 1 amide bonds. The van der Waals surface area contributed by atoms with Crippen LogP contribution < -0.4 is 20.6 Å². The molecule has 0 spiro atoms. The largest absolute Gasteiger partial charge is 0.496 e. The van der Waals surface area contributed by atoms with Gasteiger partial charge in [0.15, 0.2) is 0 Å². The molecule has 3 heterocycles. The monoisotopic (exact) mass is 359 g/mol. The topological polar surface area (TPSA) is 82.8 Å². The molecule has 1 aliphatic heterocycles. The summed E-state index contributed by atoms with van der Waals surface area (Å²) in [6, 6.07) is 4.53. The molecule has 1 saturated heterocycles. The summed E-state index contributed by atoms with van der Waals surface area (Å²) in [6.07, 6.45) is 1.30. The number of aryl methyl sites for hydroxylation is 2. The number of ether oxygens (including phenoxy) is 2. The van der Waals surface area contributed by atoms with Gasteiger partial charge in [0, 0.05) is 38.1 Å². The van der Waals surface area contributed by atoms with Gasteiger partial charge in [-0.25, -0.2) is 0 Å². The Morgan fingerprint density at radius 2 is 1.81 bits per heavy atom. The Morgan fingerprint density at radius 1 is 1.12 bits per heavy atom. The van der Waals surface area contributed by atoms with Gasteiger partial charge in [0.1, 0.15) is 17.6 Å². The molecule has 1 fully saturated rings. The lowest BCUT2D eigenvalue weighted by atomic mass is 10.1. The van der Waals surface area contributed by atoms with E-state index in [2.05, 4.69) is 0 Å². The van der Waals surface area contributed by atoms with E-state index in [1.165, 1.54) is 34.6 Å². The van der Waals surface area contributed by atoms with Gasteiger partial charge in [0.05, 0.1) is 25.8 Å². The third-order valence-corrected chi connectivity index (χ3v) is 4.56. The molecule has 8 heteroatoms. The van der Waals surface area contributed by atoms with Crippen LogP contribution in [0.1, 0.15) is 16.1 Å². The predicted molar refractivity (Wildman–Crippen MR) is 95.0 cm³/mol. The van der Waals surface area contributed by atoms with Gasteiger partial charge in [-0.1, -0.05) is 0 Å². The minimum Gasteiger partial charge on any atom is -0.496 e. The van der Waals surface area contributed by atoms with Crippen LogP contribution >= 0.6 is 0 Å². The number of hydrogen-bond acceptors (Lipinski definition) is 5. The zero-order valence-corrected chi connectivity index (χ0v) is 15.2. The molecule has 138 valence electrons. The lowest BCUT2D eigenvalue weighted by Gasteiger charge is -2.39. The van der Waals surface area contributed by atoms with Gasteiger partial charge in [-0.05, 0) is 13.0 Å². The van der Waals surface area contributed by atoms with Gasteiger partial charge >= 0.3 is 0 Å². The van der Waals surface area contributed by atoms with Crippen LogP contribution in [0.25, 0.3) is 0 Å². The molecule has 8 nitrogen and oxygen atoms in total. The zero-order chi connectivity index (χ0) is 19.0. The zero-order valence-electron chi connectivity index (χ0n) is 15.2. The molecule has 0 radical (unpaired) electrons. The van der Waals surface area contributed by atoms with E-state index in [9.17, 15) is 14.4 Å². The summed E-state index contributed by atoms with van der Waals surface area (Å²) in [5, 5.41) is 0. The van der Waals surface area contributed by atoms with E-state index in [0.717, 1.165) is 5.69 Å². The highest BCUT2D eigenvalue weighted by Gasteiger charge is 2.34. The highest BCUT2D eigenvalue weighted by molar-refractivity contribution is 5.97. The van der Waals surface area contributed by atoms with Crippen molar-refractivity contribution in [1.82, 2.24) is 14.0 Å². The number of nitrogens with zero attached hydrogens (tertiary/aromatic N) is 3. The smallest absolute Gasteiger partial charge is 0.259 e. The maximum absolute atomic E-state index is 12.6. The predicted octanol–water partition coefficient (Wildman–Crippen LogP) is 0.304. The van der Waals surface area contributed by atoms with E-state index in [1.54, 1.807) is 25.1 Å². The van der Waals surface area contributed by atoms with Crippen molar-refractivity contribution in [3.05, 3.63) is 56.4 Å². The summed E-state index contributed by atoms with van der Waals surface area (Å²) in [5.41, 5.74) is 0.749. The molecule has 0 aliphatic carbocycles. The van der Waals surface area contributed by atoms with E-state index in [0.29, 0.717) is 24.4 Å². The number of amides is 1. The van der Waals surface area contributed by atoms with Crippen LogP contribution in [0.3, 0.4) is 0 Å². The first kappa shape index (κ1) is 17.8. The van der Waals surface area contributed by atoms with Crippen molar-refractivity contribution in [2.24, 2.45) is 14.1 Å². The molecule has 3 rings (SSSR count). The Hall–Kier alpha value is -3.03. The summed E-state index contributed by atoms with van der Waals surface area (Å²) in [6.45, 7) is 2.63. The second-order valence-corrected chi connectivity index (χ2v) is 6.38. The maximum atomic E-state index is 12.6. The first-order valence-electron chi connectivity index (χ1n) is 8.18. The van der Waals surface area contributed by atoms with Crippen molar-refractivity contribution >= 4 is 5.91 Å². The van der Waals surface area contributed by atoms with E-state index in [1.807, 2.05) is 6.92 Å². The normalized spacial score (nSPS) is 14.1. The molecule has 2 aromatic rings. The average molecular weight is 359 g/mol. The van der Waals surface area contributed by atoms with Crippen molar-refractivity contribution in [2.45, 2.75) is 13.0 Å². The molecule has 0 unspecified atom stereocenters. The number of rotatable bonds is 4. The highest BCUT2D eigenvalue weighted by atomic mass is 16.5. The number of carbonyl (C=O) groups is 1. The van der Waals surface area contributed by atoms with Crippen molar-refractivity contribution in [1.29, 1.82) is 0 Å². The van der Waals surface area contributed by atoms with E-state index >= 15 is 0 Å². The summed E-state index contributed by atoms with van der Waals surface area (Å²) < 4.78 is 13.8. The molecule has 0 aromatic carbocycles. The second-order valence-electron chi connectivity index (χ2n) is 6.38. The highest BCUT2D eigenvalue weighted by Crippen LogP contribution is 2.23. The van der Waals surface area contributed by atoms with E-state index in [-0.39, 0.29) is 28.9 Å². The number of aromatic nitrogens is 2. The molecule has 0 atom stereocenters. The maximum Gasteiger partial charge on any atom is 0.259 e. The first-order valence-corrected chi connectivity index (χ1v) is 8.18. The lowest BCUT2D eigenvalue weighted by Crippen LogP contribution is -2.56. The SMILES string of the molecule is COc1cc(=O)n(C)cc1C(=O)N1CC(Oc2cc(C)n(C)c(=O)c2)C1. The summed E-state index contributed by atoms with van der Waals surface area (Å²) in [5.74, 6) is 0.532. The number of carbonyl (C=O) groups excluding carboxylic acids is 1. The summed E-state index contributed by atoms with van der Waals surface area (Å²) in [7, 11) is 4.70. The number of likely N-dealkylation sites (tertiary alicyclic amines) is 1. The quantitative estimate of drug-likeness (QED) is 0.784. The van der Waals surface area contributed by atoms with Crippen molar-refractivity contribution in [3.8, 4) is 11.5 Å². The Labute approximate surface area is 150 Å². The third-order valence-electron chi connectivity index (χ3n) is 4.56. The fourth-order valence-corrected chi connectivity index (χ4v) is 2.79. The van der Waals surface area contributed by atoms with Crippen LogP contribution in [0.5, 0.6) is 11.5 Å². The van der Waals surface area contributed by atoms with Crippen LogP contribution in [0.15, 0.2) is 34.0 Å². The number of methoxy groups -OCH3 is 1. The molecule has 1 aliphatic rings. The summed E-state index contributed by atoms with van der Waals surface area (Å²) >= 11 is 0. The fourth-order valence-electron chi connectivity index (χ4n) is 2.79. The molecule has 0 N–H and O–H groups in total. The third kappa shape index (κ3) is 3.22. The van der Waals surface area contributed by atoms with Crippen molar-refractivity contribution < 1.29 is 14.3 Å². The van der Waals surface area contributed by atoms with Crippen LogP contribution in [-0.2, 0) is 14.1 Å². The van der Waals surface area contributed by atoms with Gasteiger partial charge in [-0.3, -0.25) is 14.4 Å². The van der Waals surface area contributed by atoms with Crippen LogP contribution in [0, 0.1) is 6.92 Å². The first-order chi connectivity index (χ1) is 12.3.